The Kier molecular flexibility index (Phi) is 1.81. The molecule has 6 nitrogen and oxygen atoms in total. The zero-order valence-electron chi connectivity index (χ0n) is 7.56. The largest absolute Gasteiger partial charge is 0.383 e. The summed E-state index contributed by atoms with van der Waals surface area (Å²) >= 11 is 0. The number of hydrogen-bond acceptors (Lipinski definition) is 4. The number of rotatable bonds is 1. The van der Waals surface area contributed by atoms with Gasteiger partial charge in [-0.3, -0.25) is 9.48 Å². The molecule has 2 aromatic rings. The minimum absolute atomic E-state index is 0.189. The van der Waals surface area contributed by atoms with Gasteiger partial charge in [0.15, 0.2) is 5.82 Å². The summed E-state index contributed by atoms with van der Waals surface area (Å²) in [4.78, 5) is 17.6. The molecule has 0 aliphatic heterocycles. The van der Waals surface area contributed by atoms with Gasteiger partial charge in [-0.05, 0) is 6.07 Å². The van der Waals surface area contributed by atoms with Crippen molar-refractivity contribution in [2.45, 2.75) is 0 Å². The van der Waals surface area contributed by atoms with E-state index in [0.29, 0.717) is 11.5 Å². The maximum absolute atomic E-state index is 11.1. The number of aryl methyl sites for hydroxylation is 1. The number of nitrogen functional groups attached to an aromatic ring is 1. The van der Waals surface area contributed by atoms with Crippen molar-refractivity contribution in [3.8, 4) is 11.5 Å². The molecule has 2 aromatic heterocycles. The first-order valence-electron chi connectivity index (χ1n) is 4.02. The highest BCUT2D eigenvalue weighted by Crippen LogP contribution is 2.09. The summed E-state index contributed by atoms with van der Waals surface area (Å²) in [5.74, 6) is 0.574. The van der Waals surface area contributed by atoms with Gasteiger partial charge in [0.05, 0.1) is 0 Å². The van der Waals surface area contributed by atoms with Crippen LogP contribution in [0.15, 0.2) is 23.1 Å². The standard InChI is InChI=1S/C8H9N5O/c1-13-3-2-5(12-13)8-10-6(9)4-7(14)11-8/h2-4H,1H3,(H3,9,10,11,14). The number of aromatic nitrogens is 4. The minimum Gasteiger partial charge on any atom is -0.383 e. The van der Waals surface area contributed by atoms with E-state index in [0.717, 1.165) is 0 Å². The van der Waals surface area contributed by atoms with Gasteiger partial charge in [0, 0.05) is 19.3 Å². The van der Waals surface area contributed by atoms with E-state index in [1.54, 1.807) is 24.0 Å². The van der Waals surface area contributed by atoms with Crippen LogP contribution in [0, 0.1) is 0 Å². The molecule has 0 fully saturated rings. The molecule has 0 unspecified atom stereocenters. The van der Waals surface area contributed by atoms with Gasteiger partial charge in [0.2, 0.25) is 0 Å². The van der Waals surface area contributed by atoms with Crippen LogP contribution in [-0.4, -0.2) is 19.7 Å². The van der Waals surface area contributed by atoms with Crippen molar-refractivity contribution in [3.05, 3.63) is 28.7 Å². The third-order valence-corrected chi connectivity index (χ3v) is 1.72. The Hall–Kier alpha value is -2.11. The van der Waals surface area contributed by atoms with Crippen LogP contribution in [0.3, 0.4) is 0 Å². The van der Waals surface area contributed by atoms with E-state index in [9.17, 15) is 4.79 Å². The number of H-pyrrole nitrogens is 1. The molecule has 0 amide bonds. The van der Waals surface area contributed by atoms with E-state index in [-0.39, 0.29) is 11.4 Å². The first-order chi connectivity index (χ1) is 6.65. The number of aromatic amines is 1. The minimum atomic E-state index is -0.279. The second-order valence-electron chi connectivity index (χ2n) is 2.89. The Labute approximate surface area is 79.4 Å². The number of nitrogens with zero attached hydrogens (tertiary/aromatic N) is 3. The molecule has 3 N–H and O–H groups in total. The average molecular weight is 191 g/mol. The molecule has 0 aliphatic carbocycles. The molecule has 6 heteroatoms. The lowest BCUT2D eigenvalue weighted by atomic mass is 10.4. The molecule has 0 aliphatic rings. The lowest BCUT2D eigenvalue weighted by molar-refractivity contribution is 0.768. The van der Waals surface area contributed by atoms with Crippen molar-refractivity contribution in [2.75, 3.05) is 5.73 Å². The molecule has 0 bridgehead atoms. The summed E-state index contributed by atoms with van der Waals surface area (Å²) in [5.41, 5.74) is 5.75. The van der Waals surface area contributed by atoms with Gasteiger partial charge in [0.1, 0.15) is 11.5 Å². The van der Waals surface area contributed by atoms with Crippen LogP contribution in [0.1, 0.15) is 0 Å². The van der Waals surface area contributed by atoms with E-state index in [4.69, 9.17) is 5.73 Å². The summed E-state index contributed by atoms with van der Waals surface area (Å²) in [6.07, 6.45) is 1.76. The van der Waals surface area contributed by atoms with Crippen LogP contribution in [0.4, 0.5) is 5.82 Å². The number of nitrogens with one attached hydrogen (secondary N) is 1. The van der Waals surface area contributed by atoms with Gasteiger partial charge in [-0.25, -0.2) is 4.98 Å². The molecular formula is C8H9N5O. The van der Waals surface area contributed by atoms with Crippen molar-refractivity contribution in [1.82, 2.24) is 19.7 Å². The van der Waals surface area contributed by atoms with Crippen LogP contribution in [0.2, 0.25) is 0 Å². The van der Waals surface area contributed by atoms with Crippen LogP contribution in [-0.2, 0) is 7.05 Å². The van der Waals surface area contributed by atoms with E-state index in [2.05, 4.69) is 15.1 Å². The Balaban J connectivity index is 2.56. The highest BCUT2D eigenvalue weighted by molar-refractivity contribution is 5.50. The van der Waals surface area contributed by atoms with Crippen LogP contribution < -0.4 is 11.3 Å². The fourth-order valence-corrected chi connectivity index (χ4v) is 1.14. The quantitative estimate of drug-likeness (QED) is 0.650. The van der Waals surface area contributed by atoms with Crippen LogP contribution >= 0.6 is 0 Å². The molecule has 0 spiro atoms. The molecule has 2 heterocycles. The fourth-order valence-electron chi connectivity index (χ4n) is 1.14. The Morgan fingerprint density at radius 3 is 2.93 bits per heavy atom. The molecular weight excluding hydrogens is 182 g/mol. The molecule has 72 valence electrons. The second-order valence-corrected chi connectivity index (χ2v) is 2.89. The highest BCUT2D eigenvalue weighted by atomic mass is 16.1. The number of anilines is 1. The summed E-state index contributed by atoms with van der Waals surface area (Å²) in [6, 6.07) is 2.98. The first-order valence-corrected chi connectivity index (χ1v) is 4.02. The van der Waals surface area contributed by atoms with Crippen molar-refractivity contribution in [2.24, 2.45) is 7.05 Å². The first kappa shape index (κ1) is 8.49. The van der Waals surface area contributed by atoms with Gasteiger partial charge in [0.25, 0.3) is 5.56 Å². The number of hydrogen-bond donors (Lipinski definition) is 2. The third kappa shape index (κ3) is 1.49. The van der Waals surface area contributed by atoms with Crippen molar-refractivity contribution < 1.29 is 0 Å². The summed E-state index contributed by atoms with van der Waals surface area (Å²) < 4.78 is 1.62. The lowest BCUT2D eigenvalue weighted by Gasteiger charge is -1.96. The average Bonchev–Trinajstić information content (AvgIpc) is 2.50. The highest BCUT2D eigenvalue weighted by Gasteiger charge is 2.04. The SMILES string of the molecule is Cn1ccc(-c2nc(N)cc(=O)[nH]2)n1. The van der Waals surface area contributed by atoms with E-state index in [1.165, 1.54) is 6.07 Å². The molecule has 2 rings (SSSR count). The van der Waals surface area contributed by atoms with E-state index >= 15 is 0 Å². The third-order valence-electron chi connectivity index (χ3n) is 1.72. The van der Waals surface area contributed by atoms with Gasteiger partial charge in [-0.1, -0.05) is 0 Å². The topological polar surface area (TPSA) is 89.6 Å². The maximum Gasteiger partial charge on any atom is 0.253 e. The van der Waals surface area contributed by atoms with Crippen LogP contribution in [0.25, 0.3) is 11.5 Å². The summed E-state index contributed by atoms with van der Waals surface area (Å²) in [7, 11) is 1.79. The summed E-state index contributed by atoms with van der Waals surface area (Å²) in [5, 5.41) is 4.09. The van der Waals surface area contributed by atoms with Crippen molar-refractivity contribution in [1.29, 1.82) is 0 Å². The fraction of sp³-hybridized carbons (Fsp3) is 0.125. The zero-order valence-corrected chi connectivity index (χ0v) is 7.56. The normalized spacial score (nSPS) is 10.4. The van der Waals surface area contributed by atoms with E-state index < -0.39 is 0 Å². The molecule has 0 aromatic carbocycles. The van der Waals surface area contributed by atoms with Gasteiger partial charge in [-0.2, -0.15) is 5.10 Å². The Bertz CT molecular complexity index is 512. The van der Waals surface area contributed by atoms with Gasteiger partial charge < -0.3 is 10.7 Å². The predicted molar refractivity (Wildman–Crippen MR) is 51.5 cm³/mol. The lowest BCUT2D eigenvalue weighted by Crippen LogP contribution is -2.10. The molecule has 0 radical (unpaired) electrons. The zero-order chi connectivity index (χ0) is 10.1. The number of nitrogens with two attached hydrogens (primary N) is 1. The van der Waals surface area contributed by atoms with Crippen LogP contribution in [0.5, 0.6) is 0 Å². The van der Waals surface area contributed by atoms with E-state index in [1.807, 2.05) is 0 Å². The second kappa shape index (κ2) is 2.99. The van der Waals surface area contributed by atoms with Gasteiger partial charge in [-0.15, -0.1) is 0 Å². The maximum atomic E-state index is 11.1. The smallest absolute Gasteiger partial charge is 0.253 e. The monoisotopic (exact) mass is 191 g/mol. The Morgan fingerprint density at radius 2 is 2.36 bits per heavy atom. The molecule has 0 saturated heterocycles. The molecule has 0 saturated carbocycles. The molecule has 0 atom stereocenters. The van der Waals surface area contributed by atoms with Crippen molar-refractivity contribution in [3.63, 3.8) is 0 Å². The Morgan fingerprint density at radius 1 is 1.57 bits per heavy atom. The predicted octanol–water partition coefficient (Wildman–Crippen LogP) is -0.247. The van der Waals surface area contributed by atoms with Crippen molar-refractivity contribution >= 4 is 5.82 Å². The molecule has 14 heavy (non-hydrogen) atoms. The summed E-state index contributed by atoms with van der Waals surface area (Å²) in [6.45, 7) is 0. The van der Waals surface area contributed by atoms with Gasteiger partial charge >= 0.3 is 0 Å².